The molecule has 0 saturated carbocycles. The third-order valence-electron chi connectivity index (χ3n) is 0.584. The molecule has 0 unspecified atom stereocenters. The number of carbonyl (C=O) groups is 2. The second-order valence-corrected chi connectivity index (χ2v) is 2.15. The van der Waals surface area contributed by atoms with Gasteiger partial charge in [-0.25, -0.2) is 0 Å². The van der Waals surface area contributed by atoms with Crippen LogP contribution < -0.4 is 5.32 Å². The standard InChI is InChI=1S/C3H3NO2S.Na.H/c5-2-1-4-3(6)7-2;;/h1H2,(H,4,6);;. The summed E-state index contributed by atoms with van der Waals surface area (Å²) in [7, 11) is 0. The molecule has 0 bridgehead atoms. The predicted molar refractivity (Wildman–Crippen MR) is 33.1 cm³/mol. The first kappa shape index (κ1) is 8.49. The van der Waals surface area contributed by atoms with E-state index in [4.69, 9.17) is 0 Å². The van der Waals surface area contributed by atoms with Crippen LogP contribution in [0, 0.1) is 0 Å². The van der Waals surface area contributed by atoms with Gasteiger partial charge in [0.1, 0.15) is 0 Å². The van der Waals surface area contributed by atoms with Crippen molar-refractivity contribution >= 4 is 51.7 Å². The van der Waals surface area contributed by atoms with E-state index in [-0.39, 0.29) is 46.5 Å². The summed E-state index contributed by atoms with van der Waals surface area (Å²) < 4.78 is 0. The molecule has 3 nitrogen and oxygen atoms in total. The first-order valence-electron chi connectivity index (χ1n) is 1.77. The van der Waals surface area contributed by atoms with Gasteiger partial charge in [0, 0.05) is 11.8 Å². The molecule has 1 saturated heterocycles. The van der Waals surface area contributed by atoms with Gasteiger partial charge in [-0.3, -0.25) is 9.59 Å². The van der Waals surface area contributed by atoms with Crippen molar-refractivity contribution < 1.29 is 9.59 Å². The number of hydrogen-bond acceptors (Lipinski definition) is 3. The summed E-state index contributed by atoms with van der Waals surface area (Å²) in [5.74, 6) is 0. The molecule has 0 radical (unpaired) electrons. The fourth-order valence-electron chi connectivity index (χ4n) is 0.320. The van der Waals surface area contributed by atoms with E-state index in [1.807, 2.05) is 0 Å². The van der Waals surface area contributed by atoms with Crippen molar-refractivity contribution in [3.05, 3.63) is 0 Å². The quantitative estimate of drug-likeness (QED) is 0.455. The van der Waals surface area contributed by atoms with Gasteiger partial charge >= 0.3 is 29.6 Å². The van der Waals surface area contributed by atoms with Gasteiger partial charge in [-0.05, 0) is 0 Å². The van der Waals surface area contributed by atoms with Crippen LogP contribution >= 0.6 is 11.8 Å². The van der Waals surface area contributed by atoms with Gasteiger partial charge in [0.25, 0.3) is 5.24 Å². The fourth-order valence-corrected chi connectivity index (χ4v) is 0.815. The zero-order chi connectivity index (χ0) is 5.28. The average Bonchev–Trinajstić information content (AvgIpc) is 1.87. The molecule has 40 valence electrons. The fraction of sp³-hybridized carbons (Fsp3) is 0.333. The molecule has 0 aromatic carbocycles. The Labute approximate surface area is 72.9 Å². The van der Waals surface area contributed by atoms with Crippen LogP contribution in [-0.4, -0.2) is 46.5 Å². The van der Waals surface area contributed by atoms with Gasteiger partial charge in [-0.1, -0.05) is 0 Å². The number of amides is 1. The summed E-state index contributed by atoms with van der Waals surface area (Å²) in [6.07, 6.45) is 0. The first-order valence-corrected chi connectivity index (χ1v) is 2.59. The second kappa shape index (κ2) is 3.50. The predicted octanol–water partition coefficient (Wildman–Crippen LogP) is -0.679. The Hall–Kier alpha value is 0.490. The molecule has 1 heterocycles. The van der Waals surface area contributed by atoms with Crippen LogP contribution in [0.1, 0.15) is 0 Å². The van der Waals surface area contributed by atoms with Crippen molar-refractivity contribution in [2.75, 3.05) is 6.54 Å². The van der Waals surface area contributed by atoms with Gasteiger partial charge in [-0.15, -0.1) is 0 Å². The van der Waals surface area contributed by atoms with Gasteiger partial charge in [0.2, 0.25) is 5.12 Å². The number of hydrogen-bond donors (Lipinski definition) is 1. The van der Waals surface area contributed by atoms with Gasteiger partial charge in [-0.2, -0.15) is 0 Å². The van der Waals surface area contributed by atoms with E-state index in [0.717, 1.165) is 11.8 Å². The summed E-state index contributed by atoms with van der Waals surface area (Å²) in [5, 5.41) is 2.02. The molecule has 0 aromatic heterocycles. The first-order chi connectivity index (χ1) is 3.29. The molecule has 1 rings (SSSR count). The molecule has 5 heteroatoms. The molecule has 0 aliphatic carbocycles. The van der Waals surface area contributed by atoms with E-state index in [2.05, 4.69) is 5.32 Å². The van der Waals surface area contributed by atoms with Crippen LogP contribution in [0.25, 0.3) is 0 Å². The Morgan fingerprint density at radius 3 is 2.25 bits per heavy atom. The van der Waals surface area contributed by atoms with Crippen molar-refractivity contribution in [1.29, 1.82) is 0 Å². The Kier molecular flexibility index (Phi) is 3.72. The maximum absolute atomic E-state index is 10.1. The van der Waals surface area contributed by atoms with Gasteiger partial charge in [0.15, 0.2) is 0 Å². The second-order valence-electron chi connectivity index (χ2n) is 1.12. The Balaban J connectivity index is 0.000000490. The maximum atomic E-state index is 10.1. The molecule has 0 atom stereocenters. The monoisotopic (exact) mass is 141 g/mol. The Bertz CT molecular complexity index is 112. The normalized spacial score (nSPS) is 17.5. The molecule has 1 aliphatic rings. The summed E-state index contributed by atoms with van der Waals surface area (Å²) >= 11 is 0.731. The summed E-state index contributed by atoms with van der Waals surface area (Å²) in [6, 6.07) is 0. The summed E-state index contributed by atoms with van der Waals surface area (Å²) in [5.41, 5.74) is 0. The average molecular weight is 141 g/mol. The van der Waals surface area contributed by atoms with E-state index < -0.39 is 0 Å². The molecule has 0 aromatic rings. The molecule has 0 spiro atoms. The SMILES string of the molecule is O=C1CNC(=O)S1.[NaH]. The van der Waals surface area contributed by atoms with Gasteiger partial charge < -0.3 is 5.32 Å². The molecular formula is C3H4NNaO2S. The molecule has 1 N–H and O–H groups in total. The third-order valence-corrected chi connectivity index (χ3v) is 1.29. The third kappa shape index (κ3) is 2.17. The van der Waals surface area contributed by atoms with Crippen LogP contribution in [0.3, 0.4) is 0 Å². The molecule has 8 heavy (non-hydrogen) atoms. The van der Waals surface area contributed by atoms with Crippen LogP contribution in [-0.2, 0) is 4.79 Å². The molecule has 1 amide bonds. The van der Waals surface area contributed by atoms with Crippen molar-refractivity contribution in [1.82, 2.24) is 5.32 Å². The Morgan fingerprint density at radius 1 is 1.50 bits per heavy atom. The topological polar surface area (TPSA) is 46.2 Å². The Morgan fingerprint density at radius 2 is 2.12 bits per heavy atom. The van der Waals surface area contributed by atoms with Crippen LogP contribution in [0.5, 0.6) is 0 Å². The van der Waals surface area contributed by atoms with Gasteiger partial charge in [0.05, 0.1) is 6.54 Å². The van der Waals surface area contributed by atoms with Crippen LogP contribution in [0.2, 0.25) is 0 Å². The number of rotatable bonds is 0. The van der Waals surface area contributed by atoms with Crippen molar-refractivity contribution in [3.63, 3.8) is 0 Å². The van der Waals surface area contributed by atoms with Crippen LogP contribution in [0.4, 0.5) is 4.79 Å². The zero-order valence-electron chi connectivity index (χ0n) is 3.43. The zero-order valence-corrected chi connectivity index (χ0v) is 4.25. The minimum absolute atomic E-state index is 0. The van der Waals surface area contributed by atoms with Crippen molar-refractivity contribution in [2.24, 2.45) is 0 Å². The van der Waals surface area contributed by atoms with E-state index >= 15 is 0 Å². The minimum atomic E-state index is -0.231. The number of thioether (sulfide) groups is 1. The van der Waals surface area contributed by atoms with E-state index in [9.17, 15) is 9.59 Å². The number of nitrogens with one attached hydrogen (secondary N) is 1. The molecular weight excluding hydrogens is 137 g/mol. The summed E-state index contributed by atoms with van der Waals surface area (Å²) in [4.78, 5) is 20.2. The van der Waals surface area contributed by atoms with E-state index in [1.54, 1.807) is 0 Å². The van der Waals surface area contributed by atoms with E-state index in [1.165, 1.54) is 0 Å². The molecule has 1 fully saturated rings. The van der Waals surface area contributed by atoms with Crippen LogP contribution in [0.15, 0.2) is 0 Å². The number of carbonyl (C=O) groups excluding carboxylic acids is 2. The van der Waals surface area contributed by atoms with E-state index in [0.29, 0.717) is 0 Å². The summed E-state index contributed by atoms with van der Waals surface area (Å²) in [6.45, 7) is 0.198. The van der Waals surface area contributed by atoms with Crippen molar-refractivity contribution in [2.45, 2.75) is 0 Å². The molecule has 1 aliphatic heterocycles. The van der Waals surface area contributed by atoms with Crippen molar-refractivity contribution in [3.8, 4) is 0 Å².